The molecule has 9 heteroatoms. The highest BCUT2D eigenvalue weighted by Gasteiger charge is 2.18. The quantitative estimate of drug-likeness (QED) is 0.575. The second-order valence-corrected chi connectivity index (χ2v) is 7.73. The van der Waals surface area contributed by atoms with Gasteiger partial charge in [-0.2, -0.15) is 8.78 Å². The molecule has 0 radical (unpaired) electrons. The first-order valence-corrected chi connectivity index (χ1v) is 9.99. The van der Waals surface area contributed by atoms with E-state index in [-0.39, 0.29) is 17.9 Å². The average Bonchev–Trinajstić information content (AvgIpc) is 2.94. The number of morpholine rings is 1. The van der Waals surface area contributed by atoms with Gasteiger partial charge in [-0.1, -0.05) is 15.9 Å². The van der Waals surface area contributed by atoms with Crippen LogP contribution in [0.15, 0.2) is 45.7 Å². The molecule has 6 nitrogen and oxygen atoms in total. The molecular weight excluding hydrogens is 448 g/mol. The highest BCUT2D eigenvalue weighted by molar-refractivity contribution is 9.10. The van der Waals surface area contributed by atoms with Crippen LogP contribution in [0.1, 0.15) is 5.56 Å². The molecule has 0 N–H and O–H groups in total. The topological polar surface area (TPSA) is 48.6 Å². The van der Waals surface area contributed by atoms with Gasteiger partial charge in [0.15, 0.2) is 0 Å². The van der Waals surface area contributed by atoms with Gasteiger partial charge in [0.25, 0.3) is 5.56 Å². The van der Waals surface area contributed by atoms with E-state index in [9.17, 15) is 13.6 Å². The first kappa shape index (κ1) is 19.9. The highest BCUT2D eigenvalue weighted by atomic mass is 79.9. The molecule has 0 bridgehead atoms. The molecule has 0 saturated carbocycles. The molecule has 1 saturated heterocycles. The standard InChI is InChI=1S/C20H20BrF2N3O3/c1-24-19(27)16-4-2-14(21)11-17(16)26(24)12-13-10-15(25-6-8-28-9-7-25)3-5-18(13)29-20(22)23/h2-5,10-11,20H,6-9,12H2,1H3. The monoisotopic (exact) mass is 467 g/mol. The van der Waals surface area contributed by atoms with Gasteiger partial charge in [0, 0.05) is 35.9 Å². The van der Waals surface area contributed by atoms with Crippen molar-refractivity contribution < 1.29 is 18.3 Å². The van der Waals surface area contributed by atoms with Gasteiger partial charge >= 0.3 is 6.61 Å². The molecule has 2 heterocycles. The lowest BCUT2D eigenvalue weighted by molar-refractivity contribution is -0.0505. The number of benzene rings is 2. The molecule has 1 aromatic heterocycles. The Bertz CT molecular complexity index is 1090. The summed E-state index contributed by atoms with van der Waals surface area (Å²) < 4.78 is 40.2. The van der Waals surface area contributed by atoms with E-state index in [1.807, 2.05) is 12.1 Å². The highest BCUT2D eigenvalue weighted by Crippen LogP contribution is 2.29. The molecule has 0 amide bonds. The maximum Gasteiger partial charge on any atom is 0.387 e. The molecule has 29 heavy (non-hydrogen) atoms. The van der Waals surface area contributed by atoms with Gasteiger partial charge in [-0.05, 0) is 36.4 Å². The number of alkyl halides is 2. The van der Waals surface area contributed by atoms with Gasteiger partial charge in [0.2, 0.25) is 0 Å². The first-order chi connectivity index (χ1) is 13.9. The number of ether oxygens (including phenoxy) is 2. The van der Waals surface area contributed by atoms with Crippen LogP contribution in [0, 0.1) is 0 Å². The molecule has 154 valence electrons. The van der Waals surface area contributed by atoms with Crippen molar-refractivity contribution in [2.45, 2.75) is 13.2 Å². The van der Waals surface area contributed by atoms with E-state index in [0.29, 0.717) is 29.7 Å². The number of hydrogen-bond donors (Lipinski definition) is 0. The first-order valence-electron chi connectivity index (χ1n) is 9.19. The number of aromatic nitrogens is 2. The Morgan fingerprint density at radius 1 is 1.17 bits per heavy atom. The van der Waals surface area contributed by atoms with Gasteiger partial charge in [0.05, 0.1) is 30.7 Å². The van der Waals surface area contributed by atoms with Crippen molar-refractivity contribution in [1.29, 1.82) is 0 Å². The minimum absolute atomic E-state index is 0.0984. The normalized spacial score (nSPS) is 14.7. The molecule has 1 aliphatic heterocycles. The summed E-state index contributed by atoms with van der Waals surface area (Å²) in [5.41, 5.74) is 2.05. The summed E-state index contributed by atoms with van der Waals surface area (Å²) in [6.45, 7) is -0.0162. The Morgan fingerprint density at radius 3 is 2.66 bits per heavy atom. The largest absolute Gasteiger partial charge is 0.434 e. The third kappa shape index (κ3) is 4.02. The van der Waals surface area contributed by atoms with Crippen molar-refractivity contribution in [2.24, 2.45) is 7.05 Å². The Hall–Kier alpha value is -2.39. The van der Waals surface area contributed by atoms with Gasteiger partial charge in [0.1, 0.15) is 5.75 Å². The summed E-state index contributed by atoms with van der Waals surface area (Å²) in [4.78, 5) is 14.7. The predicted molar refractivity (Wildman–Crippen MR) is 110 cm³/mol. The molecule has 3 aromatic rings. The van der Waals surface area contributed by atoms with Gasteiger partial charge < -0.3 is 14.4 Å². The predicted octanol–water partition coefficient (Wildman–Crippen LogP) is 3.59. The van der Waals surface area contributed by atoms with Crippen molar-refractivity contribution in [3.63, 3.8) is 0 Å². The Morgan fingerprint density at radius 2 is 1.93 bits per heavy atom. The number of rotatable bonds is 5. The molecule has 0 atom stereocenters. The summed E-state index contributed by atoms with van der Waals surface area (Å²) in [5.74, 6) is 0.0984. The van der Waals surface area contributed by atoms with E-state index in [4.69, 9.17) is 9.47 Å². The van der Waals surface area contributed by atoms with E-state index in [1.54, 1.807) is 36.0 Å². The van der Waals surface area contributed by atoms with Gasteiger partial charge in [-0.15, -0.1) is 0 Å². The van der Waals surface area contributed by atoms with Crippen LogP contribution in [0.4, 0.5) is 14.5 Å². The zero-order valence-electron chi connectivity index (χ0n) is 15.8. The molecule has 1 fully saturated rings. The summed E-state index contributed by atoms with van der Waals surface area (Å²) in [7, 11) is 1.66. The minimum atomic E-state index is -2.93. The van der Waals surface area contributed by atoms with Crippen molar-refractivity contribution in [1.82, 2.24) is 9.36 Å². The Labute approximate surface area is 174 Å². The molecule has 2 aromatic carbocycles. The number of halogens is 3. The summed E-state index contributed by atoms with van der Waals surface area (Å²) in [5, 5.41) is 0.566. The van der Waals surface area contributed by atoms with Crippen LogP contribution in [0.5, 0.6) is 5.75 Å². The third-order valence-corrected chi connectivity index (χ3v) is 5.57. The van der Waals surface area contributed by atoms with Crippen molar-refractivity contribution in [3.8, 4) is 5.75 Å². The van der Waals surface area contributed by atoms with Crippen LogP contribution in [0.2, 0.25) is 0 Å². The molecule has 0 spiro atoms. The second-order valence-electron chi connectivity index (χ2n) is 6.82. The zero-order chi connectivity index (χ0) is 20.5. The van der Waals surface area contributed by atoms with Crippen molar-refractivity contribution in [3.05, 3.63) is 56.8 Å². The van der Waals surface area contributed by atoms with E-state index >= 15 is 0 Å². The van der Waals surface area contributed by atoms with Crippen molar-refractivity contribution >= 4 is 32.5 Å². The number of fused-ring (bicyclic) bond motifs is 1. The van der Waals surface area contributed by atoms with Crippen LogP contribution in [-0.2, 0) is 18.3 Å². The van der Waals surface area contributed by atoms with Gasteiger partial charge in [-0.3, -0.25) is 14.2 Å². The number of nitrogens with zero attached hydrogens (tertiary/aromatic N) is 3. The SMILES string of the molecule is Cn1c(=O)c2ccc(Br)cc2n1Cc1cc(N2CCOCC2)ccc1OC(F)F. The Kier molecular flexibility index (Phi) is 5.60. The fourth-order valence-electron chi connectivity index (χ4n) is 3.62. The molecule has 0 unspecified atom stereocenters. The summed E-state index contributed by atoms with van der Waals surface area (Å²) >= 11 is 3.43. The van der Waals surface area contributed by atoms with Crippen LogP contribution < -0.4 is 15.2 Å². The second kappa shape index (κ2) is 8.16. The van der Waals surface area contributed by atoms with E-state index < -0.39 is 6.61 Å². The molecule has 0 aliphatic carbocycles. The lowest BCUT2D eigenvalue weighted by Gasteiger charge is -2.29. The van der Waals surface area contributed by atoms with Crippen LogP contribution >= 0.6 is 15.9 Å². The maximum absolute atomic E-state index is 13.0. The van der Waals surface area contributed by atoms with Crippen LogP contribution in [-0.4, -0.2) is 42.3 Å². The average molecular weight is 468 g/mol. The Balaban J connectivity index is 1.79. The number of anilines is 1. The summed E-state index contributed by atoms with van der Waals surface area (Å²) in [6.07, 6.45) is 0. The van der Waals surface area contributed by atoms with Gasteiger partial charge in [-0.25, -0.2) is 0 Å². The van der Waals surface area contributed by atoms with Crippen LogP contribution in [0.3, 0.4) is 0 Å². The maximum atomic E-state index is 13.0. The lowest BCUT2D eigenvalue weighted by Crippen LogP contribution is -2.36. The van der Waals surface area contributed by atoms with Crippen LogP contribution in [0.25, 0.3) is 10.9 Å². The van der Waals surface area contributed by atoms with E-state index in [0.717, 1.165) is 23.2 Å². The molecular formula is C20H20BrF2N3O3. The number of hydrogen-bond acceptors (Lipinski definition) is 4. The van der Waals surface area contributed by atoms with E-state index in [1.165, 1.54) is 4.68 Å². The molecule has 1 aliphatic rings. The zero-order valence-corrected chi connectivity index (χ0v) is 17.4. The fraction of sp³-hybridized carbons (Fsp3) is 0.350. The van der Waals surface area contributed by atoms with E-state index in [2.05, 4.69) is 20.8 Å². The molecule has 4 rings (SSSR count). The smallest absolute Gasteiger partial charge is 0.387 e. The lowest BCUT2D eigenvalue weighted by atomic mass is 10.1. The minimum Gasteiger partial charge on any atom is -0.434 e. The fourth-order valence-corrected chi connectivity index (χ4v) is 3.96. The van der Waals surface area contributed by atoms with Crippen molar-refractivity contribution in [2.75, 3.05) is 31.2 Å². The third-order valence-electron chi connectivity index (χ3n) is 5.08. The summed E-state index contributed by atoms with van der Waals surface area (Å²) in [6, 6.07) is 10.6.